The molecule has 3 rings (SSSR count). The van der Waals surface area contributed by atoms with E-state index in [1.165, 1.54) is 42.3 Å². The standard InChI is InChI=1S/C16H14N4O4/c1-24-10-15(19-14-5-3-2-4-13(14)17-18-19)16(21)11-6-8-12(9-7-11)20(22)23/h2-10,16,21H,1H3/b15-10-. The molecule has 0 amide bonds. The number of rotatable bonds is 5. The average molecular weight is 326 g/mol. The van der Waals surface area contributed by atoms with Crippen LogP contribution in [0.15, 0.2) is 54.8 Å². The van der Waals surface area contributed by atoms with Crippen molar-refractivity contribution in [2.45, 2.75) is 6.10 Å². The van der Waals surface area contributed by atoms with Gasteiger partial charge in [-0.15, -0.1) is 5.10 Å². The maximum Gasteiger partial charge on any atom is 0.269 e. The van der Waals surface area contributed by atoms with Crippen molar-refractivity contribution in [2.24, 2.45) is 0 Å². The molecule has 0 aliphatic carbocycles. The van der Waals surface area contributed by atoms with Crippen LogP contribution in [0.3, 0.4) is 0 Å². The molecular formula is C16H14N4O4. The summed E-state index contributed by atoms with van der Waals surface area (Å²) in [5.74, 6) is 0. The number of nitro groups is 1. The molecule has 122 valence electrons. The van der Waals surface area contributed by atoms with Gasteiger partial charge < -0.3 is 9.84 Å². The Morgan fingerprint density at radius 3 is 2.67 bits per heavy atom. The lowest BCUT2D eigenvalue weighted by atomic mass is 10.1. The Balaban J connectivity index is 2.02. The predicted octanol–water partition coefficient (Wildman–Crippen LogP) is 2.52. The van der Waals surface area contributed by atoms with Crippen molar-refractivity contribution in [3.8, 4) is 0 Å². The van der Waals surface area contributed by atoms with E-state index in [4.69, 9.17) is 4.74 Å². The Labute approximate surface area is 136 Å². The summed E-state index contributed by atoms with van der Waals surface area (Å²) < 4.78 is 6.54. The number of methoxy groups -OCH3 is 1. The zero-order valence-corrected chi connectivity index (χ0v) is 12.7. The minimum absolute atomic E-state index is 0.0468. The number of aromatic nitrogens is 3. The SMILES string of the molecule is CO/C=C(/C(O)c1ccc([N+](=O)[O-])cc1)n1nnc2ccccc21. The molecule has 0 radical (unpaired) electrons. The number of non-ortho nitro benzene ring substituents is 1. The topological polar surface area (TPSA) is 103 Å². The van der Waals surface area contributed by atoms with E-state index in [1.807, 2.05) is 24.3 Å². The number of benzene rings is 2. The first-order valence-electron chi connectivity index (χ1n) is 7.08. The third-order valence-corrected chi connectivity index (χ3v) is 3.53. The van der Waals surface area contributed by atoms with E-state index in [0.717, 1.165) is 0 Å². The predicted molar refractivity (Wildman–Crippen MR) is 86.9 cm³/mol. The van der Waals surface area contributed by atoms with Crippen molar-refractivity contribution in [1.29, 1.82) is 0 Å². The van der Waals surface area contributed by atoms with E-state index in [0.29, 0.717) is 22.3 Å². The van der Waals surface area contributed by atoms with Gasteiger partial charge in [-0.2, -0.15) is 0 Å². The molecule has 3 aromatic rings. The summed E-state index contributed by atoms with van der Waals surface area (Å²) in [6.07, 6.45) is 0.281. The number of para-hydroxylation sites is 1. The van der Waals surface area contributed by atoms with Crippen molar-refractivity contribution in [2.75, 3.05) is 7.11 Å². The van der Waals surface area contributed by atoms with Crippen LogP contribution in [0.25, 0.3) is 16.7 Å². The lowest BCUT2D eigenvalue weighted by Gasteiger charge is -2.15. The quantitative estimate of drug-likeness (QED) is 0.439. The van der Waals surface area contributed by atoms with Crippen LogP contribution in [0.1, 0.15) is 11.7 Å². The number of aliphatic hydroxyl groups is 1. The number of hydrogen-bond acceptors (Lipinski definition) is 6. The second-order valence-electron chi connectivity index (χ2n) is 5.02. The molecule has 0 saturated heterocycles. The van der Waals surface area contributed by atoms with Gasteiger partial charge in [0.05, 0.1) is 17.5 Å². The Kier molecular flexibility index (Phi) is 4.21. The van der Waals surface area contributed by atoms with Crippen LogP contribution in [0.4, 0.5) is 5.69 Å². The van der Waals surface area contributed by atoms with Gasteiger partial charge >= 0.3 is 0 Å². The van der Waals surface area contributed by atoms with Crippen LogP contribution in [-0.2, 0) is 4.74 Å². The monoisotopic (exact) mass is 326 g/mol. The lowest BCUT2D eigenvalue weighted by Crippen LogP contribution is -2.10. The Morgan fingerprint density at radius 2 is 2.00 bits per heavy atom. The van der Waals surface area contributed by atoms with Gasteiger partial charge in [0.1, 0.15) is 23.6 Å². The van der Waals surface area contributed by atoms with Crippen molar-refractivity contribution in [1.82, 2.24) is 15.0 Å². The maximum atomic E-state index is 10.7. The Bertz CT molecular complexity index is 902. The number of fused-ring (bicyclic) bond motifs is 1. The highest BCUT2D eigenvalue weighted by atomic mass is 16.6. The molecular weight excluding hydrogens is 312 g/mol. The van der Waals surface area contributed by atoms with E-state index >= 15 is 0 Å². The summed E-state index contributed by atoms with van der Waals surface area (Å²) in [5, 5.41) is 29.5. The fraction of sp³-hybridized carbons (Fsp3) is 0.125. The number of nitrogens with zero attached hydrogens (tertiary/aromatic N) is 4. The minimum atomic E-state index is -1.09. The van der Waals surface area contributed by atoms with Gasteiger partial charge in [-0.25, -0.2) is 4.68 Å². The van der Waals surface area contributed by atoms with Crippen molar-refractivity contribution < 1.29 is 14.8 Å². The molecule has 1 unspecified atom stereocenters. The summed E-state index contributed by atoms with van der Waals surface area (Å²) in [5.41, 5.74) is 2.16. The molecule has 0 bridgehead atoms. The second kappa shape index (κ2) is 6.47. The molecule has 0 aliphatic rings. The molecule has 2 aromatic carbocycles. The smallest absolute Gasteiger partial charge is 0.269 e. The summed E-state index contributed by atoms with van der Waals surface area (Å²) in [6, 6.07) is 13.0. The van der Waals surface area contributed by atoms with Crippen LogP contribution in [-0.4, -0.2) is 32.1 Å². The fourth-order valence-electron chi connectivity index (χ4n) is 2.36. The van der Waals surface area contributed by atoms with Gasteiger partial charge in [0.25, 0.3) is 5.69 Å². The molecule has 1 N–H and O–H groups in total. The van der Waals surface area contributed by atoms with E-state index in [-0.39, 0.29) is 5.69 Å². The van der Waals surface area contributed by atoms with E-state index < -0.39 is 11.0 Å². The minimum Gasteiger partial charge on any atom is -0.502 e. The molecule has 1 heterocycles. The van der Waals surface area contributed by atoms with Crippen LogP contribution in [0.2, 0.25) is 0 Å². The summed E-state index contributed by atoms with van der Waals surface area (Å²) in [4.78, 5) is 10.2. The molecule has 8 nitrogen and oxygen atoms in total. The normalized spacial score (nSPS) is 13.0. The van der Waals surface area contributed by atoms with Gasteiger partial charge in [0.2, 0.25) is 0 Å². The van der Waals surface area contributed by atoms with Crippen LogP contribution >= 0.6 is 0 Å². The van der Waals surface area contributed by atoms with Gasteiger partial charge in [0.15, 0.2) is 0 Å². The molecule has 8 heteroatoms. The van der Waals surface area contributed by atoms with Crippen LogP contribution in [0.5, 0.6) is 0 Å². The van der Waals surface area contributed by atoms with Gasteiger partial charge in [-0.05, 0) is 29.8 Å². The zero-order chi connectivity index (χ0) is 17.1. The number of hydrogen-bond donors (Lipinski definition) is 1. The highest BCUT2D eigenvalue weighted by Gasteiger charge is 2.20. The Morgan fingerprint density at radius 1 is 1.29 bits per heavy atom. The molecule has 1 aromatic heterocycles. The summed E-state index contributed by atoms with van der Waals surface area (Å²) in [7, 11) is 1.46. The fourth-order valence-corrected chi connectivity index (χ4v) is 2.36. The Hall–Kier alpha value is -3.26. The van der Waals surface area contributed by atoms with Crippen LogP contribution in [0, 0.1) is 10.1 Å². The third-order valence-electron chi connectivity index (χ3n) is 3.53. The van der Waals surface area contributed by atoms with Crippen molar-refractivity contribution in [3.05, 3.63) is 70.5 Å². The molecule has 24 heavy (non-hydrogen) atoms. The molecule has 0 aliphatic heterocycles. The molecule has 1 atom stereocenters. The molecule has 0 saturated carbocycles. The average Bonchev–Trinajstić information content (AvgIpc) is 3.03. The van der Waals surface area contributed by atoms with Gasteiger partial charge in [-0.1, -0.05) is 17.3 Å². The number of ether oxygens (including phenoxy) is 1. The highest BCUT2D eigenvalue weighted by molar-refractivity contribution is 5.78. The summed E-state index contributed by atoms with van der Waals surface area (Å²) in [6.45, 7) is 0. The first kappa shape index (κ1) is 15.6. The van der Waals surface area contributed by atoms with E-state index in [9.17, 15) is 15.2 Å². The van der Waals surface area contributed by atoms with Crippen molar-refractivity contribution >= 4 is 22.4 Å². The lowest BCUT2D eigenvalue weighted by molar-refractivity contribution is -0.384. The third kappa shape index (κ3) is 2.82. The van der Waals surface area contributed by atoms with Gasteiger partial charge in [-0.3, -0.25) is 10.1 Å². The highest BCUT2D eigenvalue weighted by Crippen LogP contribution is 2.28. The number of aliphatic hydroxyl groups excluding tert-OH is 1. The second-order valence-corrected chi connectivity index (χ2v) is 5.02. The molecule has 0 spiro atoms. The van der Waals surface area contributed by atoms with E-state index in [1.54, 1.807) is 0 Å². The summed E-state index contributed by atoms with van der Waals surface area (Å²) >= 11 is 0. The first-order valence-corrected chi connectivity index (χ1v) is 7.08. The largest absolute Gasteiger partial charge is 0.502 e. The van der Waals surface area contributed by atoms with Crippen molar-refractivity contribution in [3.63, 3.8) is 0 Å². The van der Waals surface area contributed by atoms with E-state index in [2.05, 4.69) is 10.3 Å². The first-order chi connectivity index (χ1) is 11.6. The number of nitro benzene ring substituents is 1. The van der Waals surface area contributed by atoms with Crippen LogP contribution < -0.4 is 0 Å². The van der Waals surface area contributed by atoms with Gasteiger partial charge in [0, 0.05) is 12.1 Å². The molecule has 0 fully saturated rings. The zero-order valence-electron chi connectivity index (χ0n) is 12.7. The maximum absolute atomic E-state index is 10.7.